The number of hydrogen-bond donors (Lipinski definition) is 0. The Hall–Kier alpha value is -1.76. The van der Waals surface area contributed by atoms with Crippen LogP contribution >= 0.6 is 23.2 Å². The summed E-state index contributed by atoms with van der Waals surface area (Å²) in [5, 5.41) is 9.61. The molecule has 2 nitrogen and oxygen atoms in total. The van der Waals surface area contributed by atoms with Gasteiger partial charge in [-0.05, 0) is 18.2 Å². The minimum atomic E-state index is -0.580. The summed E-state index contributed by atoms with van der Waals surface area (Å²) in [5.41, 5.74) is 0.272. The molecule has 0 bridgehead atoms. The molecule has 0 aliphatic carbocycles. The Kier molecular flexibility index (Phi) is 4.26. The predicted molar refractivity (Wildman–Crippen MR) is 71.9 cm³/mol. The fourth-order valence-corrected chi connectivity index (χ4v) is 1.86. The van der Waals surface area contributed by atoms with Gasteiger partial charge in [0.25, 0.3) is 0 Å². The first kappa shape index (κ1) is 13.7. The average Bonchev–Trinajstić information content (AvgIpc) is 2.41. The van der Waals surface area contributed by atoms with E-state index in [0.717, 1.165) is 0 Å². The van der Waals surface area contributed by atoms with Crippen LogP contribution in [0, 0.1) is 17.1 Å². The van der Waals surface area contributed by atoms with Crippen LogP contribution in [-0.4, -0.2) is 0 Å². The molecule has 0 heterocycles. The Balaban J connectivity index is 2.20. The lowest BCUT2D eigenvalue weighted by molar-refractivity contribution is 0.300. The van der Waals surface area contributed by atoms with Crippen molar-refractivity contribution in [1.29, 1.82) is 5.26 Å². The van der Waals surface area contributed by atoms with Crippen molar-refractivity contribution in [2.45, 2.75) is 6.61 Å². The normalized spacial score (nSPS) is 10.0. The molecule has 0 radical (unpaired) electrons. The van der Waals surface area contributed by atoms with Gasteiger partial charge >= 0.3 is 0 Å². The van der Waals surface area contributed by atoms with Crippen LogP contribution in [0.5, 0.6) is 5.75 Å². The van der Waals surface area contributed by atoms with Crippen molar-refractivity contribution in [2.75, 3.05) is 0 Å². The van der Waals surface area contributed by atoms with Gasteiger partial charge in [0.15, 0.2) is 0 Å². The molecule has 0 aliphatic rings. The van der Waals surface area contributed by atoms with Gasteiger partial charge in [-0.15, -0.1) is 0 Å². The highest BCUT2D eigenvalue weighted by molar-refractivity contribution is 6.34. The quantitative estimate of drug-likeness (QED) is 0.830. The van der Waals surface area contributed by atoms with Crippen molar-refractivity contribution in [3.8, 4) is 11.8 Å². The van der Waals surface area contributed by atoms with Crippen LogP contribution in [-0.2, 0) is 6.61 Å². The van der Waals surface area contributed by atoms with Gasteiger partial charge in [-0.3, -0.25) is 0 Å². The van der Waals surface area contributed by atoms with Gasteiger partial charge in [0, 0.05) is 16.7 Å². The first-order valence-electron chi connectivity index (χ1n) is 5.37. The van der Waals surface area contributed by atoms with Crippen molar-refractivity contribution in [3.63, 3.8) is 0 Å². The Bertz CT molecular complexity index is 652. The van der Waals surface area contributed by atoms with Gasteiger partial charge in [-0.2, -0.15) is 5.26 Å². The molecule has 19 heavy (non-hydrogen) atoms. The maximum Gasteiger partial charge on any atom is 0.147 e. The lowest BCUT2D eigenvalue weighted by Gasteiger charge is -2.09. The van der Waals surface area contributed by atoms with E-state index in [2.05, 4.69) is 0 Å². The average molecular weight is 296 g/mol. The van der Waals surface area contributed by atoms with E-state index in [1.807, 2.05) is 0 Å². The van der Waals surface area contributed by atoms with E-state index >= 15 is 0 Å². The summed E-state index contributed by atoms with van der Waals surface area (Å²) in [6, 6.07) is 11.1. The number of ether oxygens (including phenoxy) is 1. The van der Waals surface area contributed by atoms with Crippen LogP contribution in [0.2, 0.25) is 10.0 Å². The molecule has 0 atom stereocenters. The van der Waals surface area contributed by atoms with Gasteiger partial charge < -0.3 is 4.74 Å². The molecule has 2 rings (SSSR count). The first-order valence-corrected chi connectivity index (χ1v) is 6.12. The standard InChI is InChI=1S/C14H8Cl2FNO/c15-11-4-5-12(16)13(6-11)19-8-10-3-1-2-9(7-18)14(10)17/h1-6H,8H2. The highest BCUT2D eigenvalue weighted by Gasteiger charge is 2.09. The number of rotatable bonds is 3. The number of nitrogens with zero attached hydrogens (tertiary/aromatic N) is 1. The summed E-state index contributed by atoms with van der Waals surface area (Å²) >= 11 is 11.8. The van der Waals surface area contributed by atoms with E-state index in [0.29, 0.717) is 15.8 Å². The molecule has 0 N–H and O–H groups in total. The summed E-state index contributed by atoms with van der Waals surface area (Å²) in [5.74, 6) is -0.209. The molecule has 0 aliphatic heterocycles. The van der Waals surface area contributed by atoms with Crippen LogP contribution in [0.1, 0.15) is 11.1 Å². The van der Waals surface area contributed by atoms with Crippen LogP contribution in [0.25, 0.3) is 0 Å². The third kappa shape index (κ3) is 3.17. The van der Waals surface area contributed by atoms with E-state index in [1.165, 1.54) is 6.07 Å². The minimum absolute atomic E-state index is 0.0155. The smallest absolute Gasteiger partial charge is 0.147 e. The molecule has 0 aromatic heterocycles. The van der Waals surface area contributed by atoms with E-state index < -0.39 is 5.82 Å². The second-order valence-electron chi connectivity index (χ2n) is 3.75. The van der Waals surface area contributed by atoms with Gasteiger partial charge in [0.1, 0.15) is 24.2 Å². The molecule has 0 saturated carbocycles. The van der Waals surface area contributed by atoms with Gasteiger partial charge in [0.05, 0.1) is 10.6 Å². The monoisotopic (exact) mass is 295 g/mol. The first-order chi connectivity index (χ1) is 9.11. The van der Waals surface area contributed by atoms with E-state index in [9.17, 15) is 4.39 Å². The Labute approximate surface area is 119 Å². The van der Waals surface area contributed by atoms with E-state index in [-0.39, 0.29) is 17.7 Å². The molecule has 5 heteroatoms. The molecule has 0 spiro atoms. The van der Waals surface area contributed by atoms with Crippen molar-refractivity contribution < 1.29 is 9.13 Å². The highest BCUT2D eigenvalue weighted by Crippen LogP contribution is 2.28. The summed E-state index contributed by atoms with van der Waals surface area (Å²) in [7, 11) is 0. The second kappa shape index (κ2) is 5.92. The van der Waals surface area contributed by atoms with Gasteiger partial charge in [-0.1, -0.05) is 35.3 Å². The van der Waals surface area contributed by atoms with Crippen molar-refractivity contribution in [1.82, 2.24) is 0 Å². The van der Waals surface area contributed by atoms with Gasteiger partial charge in [0.2, 0.25) is 0 Å². The second-order valence-corrected chi connectivity index (χ2v) is 4.60. The van der Waals surface area contributed by atoms with Crippen molar-refractivity contribution in [2.24, 2.45) is 0 Å². The lowest BCUT2D eigenvalue weighted by atomic mass is 10.1. The maximum atomic E-state index is 13.8. The zero-order valence-electron chi connectivity index (χ0n) is 9.66. The minimum Gasteiger partial charge on any atom is -0.487 e. The Morgan fingerprint density at radius 3 is 2.74 bits per heavy atom. The van der Waals surface area contributed by atoms with Crippen LogP contribution in [0.3, 0.4) is 0 Å². The fourth-order valence-electron chi connectivity index (χ4n) is 1.52. The zero-order valence-corrected chi connectivity index (χ0v) is 11.2. The Morgan fingerprint density at radius 2 is 2.00 bits per heavy atom. The number of nitriles is 1. The third-order valence-electron chi connectivity index (χ3n) is 2.48. The molecular weight excluding hydrogens is 288 g/mol. The largest absolute Gasteiger partial charge is 0.487 e. The third-order valence-corrected chi connectivity index (χ3v) is 3.02. The summed E-state index contributed by atoms with van der Waals surface area (Å²) < 4.78 is 19.2. The van der Waals surface area contributed by atoms with Gasteiger partial charge in [-0.25, -0.2) is 4.39 Å². The maximum absolute atomic E-state index is 13.8. The molecule has 0 amide bonds. The summed E-state index contributed by atoms with van der Waals surface area (Å²) in [4.78, 5) is 0. The summed E-state index contributed by atoms with van der Waals surface area (Å²) in [6.45, 7) is -0.0264. The Morgan fingerprint density at radius 1 is 1.21 bits per heavy atom. The topological polar surface area (TPSA) is 33.0 Å². The predicted octanol–water partition coefficient (Wildman–Crippen LogP) is 4.58. The summed E-state index contributed by atoms with van der Waals surface area (Å²) in [6.07, 6.45) is 0. The lowest BCUT2D eigenvalue weighted by Crippen LogP contribution is -2.00. The number of hydrogen-bond acceptors (Lipinski definition) is 2. The number of halogens is 3. The van der Waals surface area contributed by atoms with Crippen LogP contribution in [0.4, 0.5) is 4.39 Å². The molecule has 0 fully saturated rings. The zero-order chi connectivity index (χ0) is 13.8. The molecule has 2 aromatic rings. The number of benzene rings is 2. The highest BCUT2D eigenvalue weighted by atomic mass is 35.5. The van der Waals surface area contributed by atoms with Crippen molar-refractivity contribution in [3.05, 3.63) is 63.4 Å². The molecule has 0 unspecified atom stereocenters. The molecular formula is C14H8Cl2FNO. The fraction of sp³-hybridized carbons (Fsp3) is 0.0714. The van der Waals surface area contributed by atoms with E-state index in [4.69, 9.17) is 33.2 Å². The SMILES string of the molecule is N#Cc1cccc(COc2cc(Cl)ccc2Cl)c1F. The molecule has 2 aromatic carbocycles. The molecule has 0 saturated heterocycles. The molecule has 96 valence electrons. The van der Waals surface area contributed by atoms with Crippen molar-refractivity contribution >= 4 is 23.2 Å². The van der Waals surface area contributed by atoms with E-state index in [1.54, 1.807) is 36.4 Å². The van der Waals surface area contributed by atoms with Crippen LogP contribution in [0.15, 0.2) is 36.4 Å². The van der Waals surface area contributed by atoms with Crippen LogP contribution < -0.4 is 4.74 Å².